The second-order valence-electron chi connectivity index (χ2n) is 8.79. The van der Waals surface area contributed by atoms with Crippen molar-refractivity contribution in [2.24, 2.45) is 0 Å². The zero-order valence-corrected chi connectivity index (χ0v) is 21.8. The third kappa shape index (κ3) is 5.91. The number of ether oxygens (including phenoxy) is 2. The van der Waals surface area contributed by atoms with Gasteiger partial charge in [0, 0.05) is 56.4 Å². The van der Waals surface area contributed by atoms with Gasteiger partial charge >= 0.3 is 0 Å². The molecule has 1 amide bonds. The molecular weight excluding hydrogens is 490 g/mol. The Morgan fingerprint density at radius 3 is 2.43 bits per heavy atom. The summed E-state index contributed by atoms with van der Waals surface area (Å²) < 4.78 is 38.3. The molecule has 0 bridgehead atoms. The molecule has 2 aliphatic rings. The predicted molar refractivity (Wildman–Crippen MR) is 136 cm³/mol. The number of amides is 1. The molecule has 10 heteroatoms. The van der Waals surface area contributed by atoms with Gasteiger partial charge in [-0.25, -0.2) is 8.42 Å². The van der Waals surface area contributed by atoms with Crippen molar-refractivity contribution in [1.82, 2.24) is 9.21 Å². The van der Waals surface area contributed by atoms with E-state index in [4.69, 9.17) is 21.1 Å². The Kier molecular flexibility index (Phi) is 8.21. The smallest absolute Gasteiger partial charge is 0.243 e. The minimum atomic E-state index is -3.62. The molecule has 4 rings (SSSR count). The van der Waals surface area contributed by atoms with Crippen molar-refractivity contribution < 1.29 is 22.7 Å². The highest BCUT2D eigenvalue weighted by molar-refractivity contribution is 7.89. The fourth-order valence-corrected chi connectivity index (χ4v) is 6.19. The highest BCUT2D eigenvalue weighted by Gasteiger charge is 2.27. The van der Waals surface area contributed by atoms with E-state index in [0.29, 0.717) is 62.1 Å². The number of sulfonamides is 1. The van der Waals surface area contributed by atoms with E-state index in [9.17, 15) is 13.2 Å². The summed E-state index contributed by atoms with van der Waals surface area (Å²) >= 11 is 6.18. The van der Waals surface area contributed by atoms with E-state index in [1.54, 1.807) is 25.3 Å². The number of hydrogen-bond donors (Lipinski definition) is 0. The molecule has 0 aliphatic carbocycles. The highest BCUT2D eigenvalue weighted by Crippen LogP contribution is 2.28. The van der Waals surface area contributed by atoms with E-state index in [2.05, 4.69) is 11.8 Å². The van der Waals surface area contributed by atoms with Crippen molar-refractivity contribution in [1.29, 1.82) is 0 Å². The van der Waals surface area contributed by atoms with Crippen molar-refractivity contribution >= 4 is 33.2 Å². The van der Waals surface area contributed by atoms with Gasteiger partial charge in [0.05, 0.1) is 25.2 Å². The first-order chi connectivity index (χ1) is 16.8. The molecule has 0 radical (unpaired) electrons. The van der Waals surface area contributed by atoms with Crippen molar-refractivity contribution in [3.05, 3.63) is 52.5 Å². The third-order valence-electron chi connectivity index (χ3n) is 6.61. The predicted octanol–water partition coefficient (Wildman–Crippen LogP) is 2.96. The summed E-state index contributed by atoms with van der Waals surface area (Å²) in [6.45, 7) is 6.26. The molecule has 35 heavy (non-hydrogen) atoms. The molecule has 2 saturated heterocycles. The lowest BCUT2D eigenvalue weighted by atomic mass is 10.1. The summed E-state index contributed by atoms with van der Waals surface area (Å²) in [5.41, 5.74) is 2.98. The molecule has 2 aromatic carbocycles. The number of rotatable bonds is 7. The maximum absolute atomic E-state index is 13.1. The van der Waals surface area contributed by atoms with Gasteiger partial charge in [0.25, 0.3) is 0 Å². The Hall–Kier alpha value is -2.33. The number of nitrogens with zero attached hydrogens (tertiary/aromatic N) is 3. The molecular formula is C25H32ClN3O5S. The standard InChI is InChI=1S/C25H32ClN3O5S/c1-19-3-5-21(26)18-23(19)27-9-11-28(12-10-27)25(30)8-4-20-17-22(6-7-24(20)33-2)35(31,32)29-13-15-34-16-14-29/h3,5-7,17-18H,4,8-16H2,1-2H3. The second kappa shape index (κ2) is 11.2. The lowest BCUT2D eigenvalue weighted by Gasteiger charge is -2.37. The van der Waals surface area contributed by atoms with Crippen LogP contribution in [-0.4, -0.2) is 83.1 Å². The van der Waals surface area contributed by atoms with Crippen LogP contribution >= 0.6 is 11.6 Å². The van der Waals surface area contributed by atoms with Crippen molar-refractivity contribution in [3.8, 4) is 5.75 Å². The normalized spacial score (nSPS) is 17.5. The summed E-state index contributed by atoms with van der Waals surface area (Å²) in [5.74, 6) is 0.635. The number of hydrogen-bond acceptors (Lipinski definition) is 6. The number of halogens is 1. The number of methoxy groups -OCH3 is 1. The Balaban J connectivity index is 1.39. The summed E-state index contributed by atoms with van der Waals surface area (Å²) in [6, 6.07) is 10.7. The fourth-order valence-electron chi connectivity index (χ4n) is 4.57. The Bertz CT molecular complexity index is 1160. The molecule has 2 heterocycles. The van der Waals surface area contributed by atoms with Crippen LogP contribution in [0.4, 0.5) is 5.69 Å². The van der Waals surface area contributed by atoms with Crippen LogP contribution in [0.1, 0.15) is 17.5 Å². The highest BCUT2D eigenvalue weighted by atomic mass is 35.5. The zero-order chi connectivity index (χ0) is 25.0. The minimum Gasteiger partial charge on any atom is -0.496 e. The van der Waals surface area contributed by atoms with Crippen LogP contribution in [0.5, 0.6) is 5.75 Å². The van der Waals surface area contributed by atoms with Crippen molar-refractivity contribution in [2.45, 2.75) is 24.7 Å². The van der Waals surface area contributed by atoms with Gasteiger partial charge in [-0.15, -0.1) is 0 Å². The van der Waals surface area contributed by atoms with Gasteiger partial charge in [0.2, 0.25) is 15.9 Å². The molecule has 2 aromatic rings. The summed E-state index contributed by atoms with van der Waals surface area (Å²) in [5, 5.41) is 0.705. The number of piperazine rings is 1. The lowest BCUT2D eigenvalue weighted by Crippen LogP contribution is -2.49. The average molecular weight is 522 g/mol. The van der Waals surface area contributed by atoms with Gasteiger partial charge in [0.15, 0.2) is 0 Å². The molecule has 0 saturated carbocycles. The topological polar surface area (TPSA) is 79.4 Å². The fraction of sp³-hybridized carbons (Fsp3) is 0.480. The van der Waals surface area contributed by atoms with Crippen LogP contribution in [-0.2, 0) is 26.0 Å². The molecule has 0 spiro atoms. The van der Waals surface area contributed by atoms with Crippen LogP contribution in [0.25, 0.3) is 0 Å². The minimum absolute atomic E-state index is 0.0518. The van der Waals surface area contributed by atoms with E-state index < -0.39 is 10.0 Å². The quantitative estimate of drug-likeness (QED) is 0.557. The molecule has 2 aliphatic heterocycles. The van der Waals surface area contributed by atoms with E-state index in [1.165, 1.54) is 4.31 Å². The maximum atomic E-state index is 13.1. The summed E-state index contributed by atoms with van der Waals surface area (Å²) in [4.78, 5) is 17.3. The van der Waals surface area contributed by atoms with Gasteiger partial charge in [0.1, 0.15) is 5.75 Å². The molecule has 0 unspecified atom stereocenters. The van der Waals surface area contributed by atoms with E-state index in [1.807, 2.05) is 23.1 Å². The first-order valence-corrected chi connectivity index (χ1v) is 13.6. The Morgan fingerprint density at radius 1 is 1.03 bits per heavy atom. The molecule has 0 aromatic heterocycles. The van der Waals surface area contributed by atoms with Crippen molar-refractivity contribution in [3.63, 3.8) is 0 Å². The van der Waals surface area contributed by atoms with E-state index in [-0.39, 0.29) is 17.2 Å². The van der Waals surface area contributed by atoms with Crippen LogP contribution in [0, 0.1) is 6.92 Å². The SMILES string of the molecule is COc1ccc(S(=O)(=O)N2CCOCC2)cc1CCC(=O)N1CCN(c2cc(Cl)ccc2C)CC1. The first kappa shape index (κ1) is 25.8. The summed E-state index contributed by atoms with van der Waals surface area (Å²) in [7, 11) is -2.07. The molecule has 2 fully saturated rings. The van der Waals surface area contributed by atoms with Crippen molar-refractivity contribution in [2.75, 3.05) is 64.5 Å². The number of morpholine rings is 1. The largest absolute Gasteiger partial charge is 0.496 e. The average Bonchev–Trinajstić information content (AvgIpc) is 2.89. The van der Waals surface area contributed by atoms with Gasteiger partial charge in [-0.05, 0) is 54.8 Å². The van der Waals surface area contributed by atoms with E-state index in [0.717, 1.165) is 24.3 Å². The third-order valence-corrected chi connectivity index (χ3v) is 8.74. The number of carbonyl (C=O) groups excluding carboxylic acids is 1. The maximum Gasteiger partial charge on any atom is 0.243 e. The number of aryl methyl sites for hydroxylation is 2. The number of benzene rings is 2. The van der Waals surface area contributed by atoms with Gasteiger partial charge in [-0.3, -0.25) is 4.79 Å². The summed E-state index contributed by atoms with van der Waals surface area (Å²) in [6.07, 6.45) is 0.690. The lowest BCUT2D eigenvalue weighted by molar-refractivity contribution is -0.131. The van der Waals surface area contributed by atoms with Gasteiger partial charge in [-0.2, -0.15) is 4.31 Å². The van der Waals surface area contributed by atoms with Gasteiger partial charge < -0.3 is 19.3 Å². The van der Waals surface area contributed by atoms with Gasteiger partial charge in [-0.1, -0.05) is 17.7 Å². The molecule has 8 nitrogen and oxygen atoms in total. The Morgan fingerprint density at radius 2 is 1.74 bits per heavy atom. The zero-order valence-electron chi connectivity index (χ0n) is 20.2. The van der Waals surface area contributed by atoms with Crippen LogP contribution in [0.15, 0.2) is 41.3 Å². The van der Waals surface area contributed by atoms with Crippen LogP contribution in [0.3, 0.4) is 0 Å². The van der Waals surface area contributed by atoms with Crippen LogP contribution in [0.2, 0.25) is 5.02 Å². The second-order valence-corrected chi connectivity index (χ2v) is 11.2. The first-order valence-electron chi connectivity index (χ1n) is 11.8. The monoisotopic (exact) mass is 521 g/mol. The number of carbonyl (C=O) groups is 1. The molecule has 0 N–H and O–H groups in total. The number of anilines is 1. The molecule has 190 valence electrons. The molecule has 0 atom stereocenters. The van der Waals surface area contributed by atoms with E-state index >= 15 is 0 Å². The van der Waals surface area contributed by atoms with Crippen LogP contribution < -0.4 is 9.64 Å². The Labute approximate surface area is 212 Å².